The van der Waals surface area contributed by atoms with Gasteiger partial charge in [-0.3, -0.25) is 14.9 Å². The molecule has 10 nitrogen and oxygen atoms in total. The van der Waals surface area contributed by atoms with E-state index in [0.29, 0.717) is 12.4 Å². The summed E-state index contributed by atoms with van der Waals surface area (Å²) in [6, 6.07) is 5.61. The summed E-state index contributed by atoms with van der Waals surface area (Å²) < 4.78 is 40.4. The van der Waals surface area contributed by atoms with Crippen molar-refractivity contribution in [2.45, 2.75) is 18.7 Å². The molecule has 0 aromatic heterocycles. The van der Waals surface area contributed by atoms with Gasteiger partial charge in [0.25, 0.3) is 5.91 Å². The van der Waals surface area contributed by atoms with E-state index in [1.54, 1.807) is 13.8 Å². The van der Waals surface area contributed by atoms with E-state index in [1.807, 2.05) is 10.0 Å². The average Bonchev–Trinajstić information content (AvgIpc) is 2.59. The number of hydrogen-bond acceptors (Lipinski definition) is 8. The van der Waals surface area contributed by atoms with E-state index in [4.69, 9.17) is 4.74 Å². The molecule has 0 aliphatic carbocycles. The Balaban J connectivity index is 2.45. The maximum absolute atomic E-state index is 12.1. The fraction of sp³-hybridized carbons (Fsp3) is 0.400. The van der Waals surface area contributed by atoms with Crippen molar-refractivity contribution in [3.8, 4) is 5.75 Å². The minimum atomic E-state index is -3.93. The first-order chi connectivity index (χ1) is 12.3. The first kappa shape index (κ1) is 21.4. The van der Waals surface area contributed by atoms with Crippen LogP contribution in [0.25, 0.3) is 0 Å². The lowest BCUT2D eigenvalue weighted by Crippen LogP contribution is -2.36. The topological polar surface area (TPSA) is 137 Å². The van der Waals surface area contributed by atoms with Crippen molar-refractivity contribution in [3.63, 3.8) is 0 Å². The van der Waals surface area contributed by atoms with E-state index < -0.39 is 41.1 Å². The summed E-state index contributed by atoms with van der Waals surface area (Å²) in [6.07, 6.45) is -0.968. The van der Waals surface area contributed by atoms with Crippen LogP contribution in [0.15, 0.2) is 29.2 Å². The number of imide groups is 1. The quantitative estimate of drug-likeness (QED) is 0.572. The maximum Gasteiger partial charge on any atom is 0.413 e. The maximum atomic E-state index is 12.1. The van der Waals surface area contributed by atoms with Crippen LogP contribution in [-0.4, -0.2) is 52.8 Å². The summed E-state index contributed by atoms with van der Waals surface area (Å²) >= 11 is 0. The van der Waals surface area contributed by atoms with Gasteiger partial charge in [0.1, 0.15) is 12.3 Å². The predicted octanol–water partition coefficient (Wildman–Crippen LogP) is 0.180. The van der Waals surface area contributed by atoms with Crippen molar-refractivity contribution in [3.05, 3.63) is 24.3 Å². The zero-order chi connectivity index (χ0) is 19.6. The van der Waals surface area contributed by atoms with Crippen LogP contribution in [0.1, 0.15) is 13.8 Å². The Morgan fingerprint density at radius 1 is 1.00 bits per heavy atom. The monoisotopic (exact) mass is 388 g/mol. The summed E-state index contributed by atoms with van der Waals surface area (Å²) in [5.74, 6) is -1.37. The van der Waals surface area contributed by atoms with Gasteiger partial charge >= 0.3 is 12.1 Å². The molecule has 0 atom stereocenters. The van der Waals surface area contributed by atoms with Gasteiger partial charge in [0.2, 0.25) is 10.0 Å². The van der Waals surface area contributed by atoms with Crippen LogP contribution in [0.4, 0.5) is 4.79 Å². The van der Waals surface area contributed by atoms with Crippen LogP contribution in [0, 0.1) is 0 Å². The van der Waals surface area contributed by atoms with Crippen LogP contribution in [-0.2, 0) is 29.1 Å². The molecule has 2 amide bonds. The molecule has 1 aromatic carbocycles. The molecule has 0 saturated heterocycles. The number of rotatable bonds is 9. The Labute approximate surface area is 150 Å². The van der Waals surface area contributed by atoms with Crippen LogP contribution >= 0.6 is 0 Å². The highest BCUT2D eigenvalue weighted by atomic mass is 32.2. The number of carbonyl (C=O) groups excluding carboxylic acids is 3. The van der Waals surface area contributed by atoms with Crippen LogP contribution in [0.2, 0.25) is 0 Å². The molecule has 144 valence electrons. The van der Waals surface area contributed by atoms with E-state index in [-0.39, 0.29) is 11.5 Å². The van der Waals surface area contributed by atoms with Gasteiger partial charge in [-0.2, -0.15) is 4.72 Å². The predicted molar refractivity (Wildman–Crippen MR) is 88.9 cm³/mol. The highest BCUT2D eigenvalue weighted by Crippen LogP contribution is 2.15. The van der Waals surface area contributed by atoms with E-state index in [2.05, 4.69) is 9.47 Å². The third-order valence-electron chi connectivity index (χ3n) is 2.73. The van der Waals surface area contributed by atoms with Crippen molar-refractivity contribution in [1.29, 1.82) is 0 Å². The van der Waals surface area contributed by atoms with E-state index in [9.17, 15) is 22.8 Å². The molecule has 0 spiro atoms. The molecule has 11 heteroatoms. The Morgan fingerprint density at radius 3 is 2.23 bits per heavy atom. The number of esters is 1. The number of alkyl carbamates (subject to hydrolysis) is 1. The summed E-state index contributed by atoms with van der Waals surface area (Å²) in [4.78, 5) is 33.7. The van der Waals surface area contributed by atoms with Crippen LogP contribution in [0.5, 0.6) is 5.75 Å². The van der Waals surface area contributed by atoms with Crippen molar-refractivity contribution in [2.75, 3.05) is 26.4 Å². The smallest absolute Gasteiger partial charge is 0.413 e. The number of hydrogen-bond donors (Lipinski definition) is 2. The number of nitrogens with one attached hydrogen (secondary N) is 2. The van der Waals surface area contributed by atoms with Crippen molar-refractivity contribution in [1.82, 2.24) is 10.0 Å². The highest BCUT2D eigenvalue weighted by Gasteiger charge is 2.17. The molecule has 26 heavy (non-hydrogen) atoms. The first-order valence-electron chi connectivity index (χ1n) is 7.63. The summed E-state index contributed by atoms with van der Waals surface area (Å²) in [6.45, 7) is 2.45. The number of carbonyl (C=O) groups is 3. The molecular formula is C15H20N2O8S. The second-order valence-corrected chi connectivity index (χ2v) is 6.43. The molecule has 0 bridgehead atoms. The lowest BCUT2D eigenvalue weighted by atomic mass is 10.3. The van der Waals surface area contributed by atoms with Gasteiger partial charge in [0.05, 0.1) is 18.1 Å². The summed E-state index contributed by atoms with van der Waals surface area (Å²) in [5.41, 5.74) is 0. The molecule has 1 rings (SSSR count). The zero-order valence-corrected chi connectivity index (χ0v) is 15.1. The average molecular weight is 388 g/mol. The van der Waals surface area contributed by atoms with E-state index in [1.165, 1.54) is 24.3 Å². The Morgan fingerprint density at radius 2 is 1.65 bits per heavy atom. The number of benzene rings is 1. The van der Waals surface area contributed by atoms with Gasteiger partial charge in [-0.1, -0.05) is 0 Å². The molecule has 0 radical (unpaired) electrons. The normalized spacial score (nSPS) is 10.7. The first-order valence-corrected chi connectivity index (χ1v) is 9.11. The third-order valence-corrected chi connectivity index (χ3v) is 4.15. The van der Waals surface area contributed by atoms with Gasteiger partial charge in [0.15, 0.2) is 6.61 Å². The molecule has 0 fully saturated rings. The standard InChI is InChI=1S/C15H20N2O8S/c1-3-23-11-5-7-12(8-6-11)26(21,22)16-9-14(19)25-10-13(18)17-15(20)24-4-2/h5-8,16H,3-4,9-10H2,1-2H3,(H,17,18,20). The van der Waals surface area contributed by atoms with Crippen molar-refractivity contribution < 1.29 is 37.0 Å². The lowest BCUT2D eigenvalue weighted by Gasteiger charge is -2.08. The van der Waals surface area contributed by atoms with Crippen molar-refractivity contribution >= 4 is 28.0 Å². The lowest BCUT2D eigenvalue weighted by molar-refractivity contribution is -0.147. The Bertz CT molecular complexity index is 731. The molecule has 0 unspecified atom stereocenters. The van der Waals surface area contributed by atoms with Gasteiger partial charge in [-0.15, -0.1) is 0 Å². The van der Waals surface area contributed by atoms with Gasteiger partial charge < -0.3 is 14.2 Å². The zero-order valence-electron chi connectivity index (χ0n) is 14.3. The minimum absolute atomic E-state index is 0.0613. The van der Waals surface area contributed by atoms with Gasteiger partial charge in [0, 0.05) is 0 Å². The molecular weight excluding hydrogens is 368 g/mol. The third kappa shape index (κ3) is 7.49. The second kappa shape index (κ2) is 10.4. The summed E-state index contributed by atoms with van der Waals surface area (Å²) in [7, 11) is -3.93. The van der Waals surface area contributed by atoms with Crippen molar-refractivity contribution in [2.24, 2.45) is 0 Å². The molecule has 0 aliphatic rings. The van der Waals surface area contributed by atoms with Crippen LogP contribution in [0.3, 0.4) is 0 Å². The molecule has 2 N–H and O–H groups in total. The number of amides is 2. The SMILES string of the molecule is CCOC(=O)NC(=O)COC(=O)CNS(=O)(=O)c1ccc(OCC)cc1. The highest BCUT2D eigenvalue weighted by molar-refractivity contribution is 7.89. The fourth-order valence-corrected chi connectivity index (χ4v) is 2.60. The molecule has 0 heterocycles. The van der Waals surface area contributed by atoms with Gasteiger partial charge in [-0.05, 0) is 38.1 Å². The molecule has 0 saturated carbocycles. The molecule has 1 aromatic rings. The van der Waals surface area contributed by atoms with E-state index in [0.717, 1.165) is 0 Å². The number of ether oxygens (including phenoxy) is 3. The second-order valence-electron chi connectivity index (χ2n) is 4.66. The van der Waals surface area contributed by atoms with Gasteiger partial charge in [-0.25, -0.2) is 13.2 Å². The van der Waals surface area contributed by atoms with Crippen LogP contribution < -0.4 is 14.8 Å². The largest absolute Gasteiger partial charge is 0.494 e. The van der Waals surface area contributed by atoms with E-state index >= 15 is 0 Å². The Kier molecular flexibility index (Phi) is 8.52. The minimum Gasteiger partial charge on any atom is -0.494 e. The summed E-state index contributed by atoms with van der Waals surface area (Å²) in [5, 5.41) is 1.82. The number of sulfonamides is 1. The fourth-order valence-electron chi connectivity index (χ4n) is 1.63. The molecule has 0 aliphatic heterocycles. The Hall–Kier alpha value is -2.66.